The second kappa shape index (κ2) is 3.25. The minimum atomic E-state index is -0.245. The van der Waals surface area contributed by atoms with Crippen molar-refractivity contribution in [1.82, 2.24) is 9.91 Å². The molecule has 0 saturated carbocycles. The third kappa shape index (κ3) is 1.74. The van der Waals surface area contributed by atoms with E-state index in [9.17, 15) is 0 Å². The van der Waals surface area contributed by atoms with Crippen molar-refractivity contribution in [2.75, 3.05) is 6.54 Å². The van der Waals surface area contributed by atoms with Gasteiger partial charge in [-0.05, 0) is 27.7 Å². The van der Waals surface area contributed by atoms with Gasteiger partial charge in [-0.15, -0.1) is 0 Å². The Labute approximate surface area is 79.4 Å². The second-order valence-electron chi connectivity index (χ2n) is 4.07. The lowest BCUT2D eigenvalue weighted by atomic mass is 10.1. The molecule has 1 heterocycles. The highest BCUT2D eigenvalue weighted by Gasteiger charge is 2.33. The first-order valence-electron chi connectivity index (χ1n) is 4.49. The maximum absolute atomic E-state index is 8.99. The quantitative estimate of drug-likeness (QED) is 0.609. The Morgan fingerprint density at radius 3 is 2.54 bits per heavy atom. The van der Waals surface area contributed by atoms with Gasteiger partial charge in [-0.3, -0.25) is 5.01 Å². The van der Waals surface area contributed by atoms with E-state index in [-0.39, 0.29) is 11.7 Å². The second-order valence-corrected chi connectivity index (χ2v) is 4.07. The minimum Gasteiger partial charge on any atom is -0.323 e. The Balaban J connectivity index is 2.82. The molecular formula is C9H16N4. The minimum absolute atomic E-state index is 0.0478. The van der Waals surface area contributed by atoms with E-state index in [0.29, 0.717) is 0 Å². The van der Waals surface area contributed by atoms with Crippen LogP contribution in [0.4, 0.5) is 0 Å². The lowest BCUT2D eigenvalue weighted by Crippen LogP contribution is -2.48. The van der Waals surface area contributed by atoms with E-state index in [1.807, 2.05) is 11.8 Å². The zero-order chi connectivity index (χ0) is 10.1. The first-order chi connectivity index (χ1) is 6.00. The Morgan fingerprint density at radius 2 is 2.15 bits per heavy atom. The number of hydrogen-bond acceptors (Lipinski definition) is 4. The van der Waals surface area contributed by atoms with E-state index in [0.717, 1.165) is 6.54 Å². The van der Waals surface area contributed by atoms with Crippen molar-refractivity contribution in [3.63, 3.8) is 0 Å². The van der Waals surface area contributed by atoms with Crippen LogP contribution < -0.4 is 0 Å². The monoisotopic (exact) mass is 180 g/mol. The van der Waals surface area contributed by atoms with Crippen molar-refractivity contribution in [1.29, 1.82) is 5.26 Å². The lowest BCUT2D eigenvalue weighted by molar-refractivity contribution is 0.119. The molecule has 0 aromatic carbocycles. The SMILES string of the molecule is CCN1N=CN(C(C)(C)C)C1C#N. The fraction of sp³-hybridized carbons (Fsp3) is 0.778. The third-order valence-electron chi connectivity index (χ3n) is 2.08. The summed E-state index contributed by atoms with van der Waals surface area (Å²) in [6.45, 7) is 8.97. The van der Waals surface area contributed by atoms with Crippen LogP contribution in [0.25, 0.3) is 0 Å². The normalized spacial score (nSPS) is 22.2. The smallest absolute Gasteiger partial charge is 0.208 e. The molecule has 4 heteroatoms. The van der Waals surface area contributed by atoms with E-state index in [2.05, 4.69) is 31.9 Å². The molecule has 1 aliphatic heterocycles. The average molecular weight is 180 g/mol. The summed E-state index contributed by atoms with van der Waals surface area (Å²) >= 11 is 0. The Kier molecular flexibility index (Phi) is 2.46. The molecule has 0 spiro atoms. The van der Waals surface area contributed by atoms with Crippen LogP contribution >= 0.6 is 0 Å². The van der Waals surface area contributed by atoms with Gasteiger partial charge in [-0.25, -0.2) is 0 Å². The van der Waals surface area contributed by atoms with Crippen LogP contribution in [0.2, 0.25) is 0 Å². The number of nitrogens with zero attached hydrogens (tertiary/aromatic N) is 4. The predicted molar refractivity (Wildman–Crippen MR) is 51.9 cm³/mol. The molecule has 13 heavy (non-hydrogen) atoms. The van der Waals surface area contributed by atoms with Crippen molar-refractivity contribution in [2.45, 2.75) is 39.4 Å². The first-order valence-corrected chi connectivity index (χ1v) is 4.49. The van der Waals surface area contributed by atoms with Gasteiger partial charge in [0.05, 0.1) is 0 Å². The number of nitriles is 1. The van der Waals surface area contributed by atoms with Crippen LogP contribution in [0.5, 0.6) is 0 Å². The van der Waals surface area contributed by atoms with E-state index >= 15 is 0 Å². The molecule has 0 aromatic heterocycles. The summed E-state index contributed by atoms with van der Waals surface area (Å²) in [5.74, 6) is 0. The van der Waals surface area contributed by atoms with Gasteiger partial charge in [0, 0.05) is 12.1 Å². The summed E-state index contributed by atoms with van der Waals surface area (Å²) in [5.41, 5.74) is -0.0478. The molecule has 0 aliphatic carbocycles. The van der Waals surface area contributed by atoms with Crippen LogP contribution in [-0.2, 0) is 0 Å². The van der Waals surface area contributed by atoms with Crippen LogP contribution in [0.3, 0.4) is 0 Å². The lowest BCUT2D eigenvalue weighted by Gasteiger charge is -2.35. The van der Waals surface area contributed by atoms with Crippen molar-refractivity contribution >= 4 is 6.34 Å². The number of hydrogen-bond donors (Lipinski definition) is 0. The average Bonchev–Trinajstić information content (AvgIpc) is 2.45. The molecule has 0 bridgehead atoms. The molecule has 1 aliphatic rings. The van der Waals surface area contributed by atoms with E-state index in [1.165, 1.54) is 0 Å². The summed E-state index contributed by atoms with van der Waals surface area (Å²) in [6.07, 6.45) is 1.50. The largest absolute Gasteiger partial charge is 0.323 e. The van der Waals surface area contributed by atoms with Gasteiger partial charge in [-0.2, -0.15) is 10.4 Å². The molecular weight excluding hydrogens is 164 g/mol. The molecule has 1 atom stereocenters. The Morgan fingerprint density at radius 1 is 1.54 bits per heavy atom. The summed E-state index contributed by atoms with van der Waals surface area (Å²) in [6, 6.07) is 2.25. The molecule has 1 unspecified atom stereocenters. The van der Waals surface area contributed by atoms with Crippen molar-refractivity contribution in [2.24, 2.45) is 5.10 Å². The molecule has 4 nitrogen and oxygen atoms in total. The summed E-state index contributed by atoms with van der Waals surface area (Å²) in [4.78, 5) is 1.97. The summed E-state index contributed by atoms with van der Waals surface area (Å²) < 4.78 is 0. The number of hydrazone groups is 1. The van der Waals surface area contributed by atoms with Crippen molar-refractivity contribution in [3.8, 4) is 6.07 Å². The highest BCUT2D eigenvalue weighted by atomic mass is 15.6. The van der Waals surface area contributed by atoms with Crippen LogP contribution in [0.1, 0.15) is 27.7 Å². The van der Waals surface area contributed by atoms with Crippen molar-refractivity contribution in [3.05, 3.63) is 0 Å². The fourth-order valence-electron chi connectivity index (χ4n) is 1.32. The fourth-order valence-corrected chi connectivity index (χ4v) is 1.32. The van der Waals surface area contributed by atoms with Gasteiger partial charge < -0.3 is 4.90 Å². The third-order valence-corrected chi connectivity index (χ3v) is 2.08. The Hall–Kier alpha value is -1.24. The zero-order valence-electron chi connectivity index (χ0n) is 8.65. The molecule has 1 rings (SSSR count). The first kappa shape index (κ1) is 9.85. The number of rotatable bonds is 1. The van der Waals surface area contributed by atoms with E-state index in [4.69, 9.17) is 5.26 Å². The van der Waals surface area contributed by atoms with Gasteiger partial charge >= 0.3 is 0 Å². The standard InChI is InChI=1S/C9H16N4/c1-5-13-8(6-10)12(7-11-13)9(2,3)4/h7-8H,5H2,1-4H3. The molecule has 0 amide bonds. The highest BCUT2D eigenvalue weighted by Crippen LogP contribution is 2.21. The molecule has 72 valence electrons. The summed E-state index contributed by atoms with van der Waals surface area (Å²) in [5, 5.41) is 14.9. The van der Waals surface area contributed by atoms with E-state index in [1.54, 1.807) is 11.3 Å². The molecule has 0 fully saturated rings. The molecule has 0 saturated heterocycles. The maximum Gasteiger partial charge on any atom is 0.208 e. The van der Waals surface area contributed by atoms with Gasteiger partial charge in [0.1, 0.15) is 12.4 Å². The van der Waals surface area contributed by atoms with Gasteiger partial charge in [0.15, 0.2) is 0 Å². The zero-order valence-corrected chi connectivity index (χ0v) is 8.65. The van der Waals surface area contributed by atoms with Gasteiger partial charge in [-0.1, -0.05) is 0 Å². The van der Waals surface area contributed by atoms with Crippen LogP contribution in [0.15, 0.2) is 5.10 Å². The predicted octanol–water partition coefficient (Wildman–Crippen LogP) is 1.22. The maximum atomic E-state index is 8.99. The Bertz CT molecular complexity index is 245. The molecule has 0 aromatic rings. The van der Waals surface area contributed by atoms with Crippen LogP contribution in [0, 0.1) is 11.3 Å². The topological polar surface area (TPSA) is 42.6 Å². The van der Waals surface area contributed by atoms with Gasteiger partial charge in [0.2, 0.25) is 6.17 Å². The molecule has 0 radical (unpaired) electrons. The van der Waals surface area contributed by atoms with E-state index < -0.39 is 0 Å². The summed E-state index contributed by atoms with van der Waals surface area (Å²) in [7, 11) is 0. The van der Waals surface area contributed by atoms with Gasteiger partial charge in [0.25, 0.3) is 0 Å². The van der Waals surface area contributed by atoms with Crippen LogP contribution in [-0.4, -0.2) is 34.5 Å². The highest BCUT2D eigenvalue weighted by molar-refractivity contribution is 5.59. The van der Waals surface area contributed by atoms with Crippen molar-refractivity contribution < 1.29 is 0 Å². The molecule has 0 N–H and O–H groups in total.